The average molecular weight is 457 g/mol. The average Bonchev–Trinajstić information content (AvgIpc) is 2.74. The fourth-order valence-electron chi connectivity index (χ4n) is 6.02. The number of carbonyl (C=O) groups excluding carboxylic acids is 1. The van der Waals surface area contributed by atoms with Crippen LogP contribution in [0.3, 0.4) is 0 Å². The lowest BCUT2D eigenvalue weighted by Crippen LogP contribution is -2.44. The van der Waals surface area contributed by atoms with Gasteiger partial charge >= 0.3 is 0 Å². The molecular formula is C30H32O4. The van der Waals surface area contributed by atoms with Gasteiger partial charge in [-0.25, -0.2) is 0 Å². The number of phenols is 2. The normalized spacial score (nSPS) is 20.7. The van der Waals surface area contributed by atoms with E-state index in [4.69, 9.17) is 0 Å². The van der Waals surface area contributed by atoms with Crippen LogP contribution >= 0.6 is 0 Å². The lowest BCUT2D eigenvalue weighted by molar-refractivity contribution is 0.00244. The van der Waals surface area contributed by atoms with Crippen molar-refractivity contribution in [3.63, 3.8) is 0 Å². The summed E-state index contributed by atoms with van der Waals surface area (Å²) in [6.45, 7) is 11.8. The molecule has 4 heteroatoms. The van der Waals surface area contributed by atoms with E-state index in [1.54, 1.807) is 12.1 Å². The molecule has 0 aliphatic heterocycles. The molecular weight excluding hydrogens is 424 g/mol. The standard InChI is InChI=1S/C30H32O4/c1-14(2)19-11-18-12-22-23(13-20(18)27-21(19)7-16(5)9-25(27)31)29(33)30(34,15(3)4)24-8-17(6)10-26(32)28(22)24/h7-10,12-15,19,31-32,34H,11H2,1-6H3/t19-,30-/m1/s1. The van der Waals surface area contributed by atoms with Crippen molar-refractivity contribution in [2.45, 2.75) is 59.5 Å². The molecule has 2 atom stereocenters. The first-order valence-corrected chi connectivity index (χ1v) is 12.1. The molecule has 0 amide bonds. The third kappa shape index (κ3) is 2.98. The summed E-state index contributed by atoms with van der Waals surface area (Å²) in [6.07, 6.45) is 0.779. The summed E-state index contributed by atoms with van der Waals surface area (Å²) in [5, 5.41) is 33.8. The van der Waals surface area contributed by atoms with Crippen LogP contribution in [0.15, 0.2) is 36.4 Å². The van der Waals surface area contributed by atoms with Crippen molar-refractivity contribution >= 4 is 5.78 Å². The molecule has 0 bridgehead atoms. The van der Waals surface area contributed by atoms with Crippen molar-refractivity contribution in [1.29, 1.82) is 0 Å². The summed E-state index contributed by atoms with van der Waals surface area (Å²) in [6, 6.07) is 11.2. The first-order valence-electron chi connectivity index (χ1n) is 12.1. The Hall–Kier alpha value is -3.11. The van der Waals surface area contributed by atoms with Gasteiger partial charge in [0.25, 0.3) is 0 Å². The zero-order chi connectivity index (χ0) is 24.7. The molecule has 0 fully saturated rings. The van der Waals surface area contributed by atoms with Crippen molar-refractivity contribution in [2.24, 2.45) is 11.8 Å². The smallest absolute Gasteiger partial charge is 0.199 e. The summed E-state index contributed by atoms with van der Waals surface area (Å²) < 4.78 is 0. The summed E-state index contributed by atoms with van der Waals surface area (Å²) in [7, 11) is 0. The van der Waals surface area contributed by atoms with Gasteiger partial charge in [-0.15, -0.1) is 0 Å². The van der Waals surface area contributed by atoms with Crippen molar-refractivity contribution < 1.29 is 20.1 Å². The quantitative estimate of drug-likeness (QED) is 0.418. The fraction of sp³-hybridized carbons (Fsp3) is 0.367. The maximum atomic E-state index is 13.9. The van der Waals surface area contributed by atoms with Gasteiger partial charge in [0.2, 0.25) is 0 Å². The van der Waals surface area contributed by atoms with E-state index in [0.717, 1.165) is 39.8 Å². The number of aromatic hydroxyl groups is 2. The first kappa shape index (κ1) is 22.7. The minimum absolute atomic E-state index is 0.0675. The second-order valence-corrected chi connectivity index (χ2v) is 10.8. The van der Waals surface area contributed by atoms with Crippen LogP contribution in [0, 0.1) is 25.7 Å². The number of Topliss-reactive ketones (excluding diaryl/α,β-unsaturated/α-hetero) is 1. The molecule has 0 saturated heterocycles. The molecule has 176 valence electrons. The molecule has 3 aromatic carbocycles. The number of fused-ring (bicyclic) bond motifs is 6. The highest BCUT2D eigenvalue weighted by atomic mass is 16.3. The monoisotopic (exact) mass is 456 g/mol. The second kappa shape index (κ2) is 7.44. The van der Waals surface area contributed by atoms with Gasteiger partial charge in [0.15, 0.2) is 11.4 Å². The molecule has 0 saturated carbocycles. The van der Waals surface area contributed by atoms with Crippen LogP contribution in [0.5, 0.6) is 11.5 Å². The molecule has 3 N–H and O–H groups in total. The van der Waals surface area contributed by atoms with Crippen molar-refractivity contribution in [3.05, 3.63) is 69.8 Å². The Balaban J connectivity index is 1.87. The Morgan fingerprint density at radius 2 is 1.44 bits per heavy atom. The molecule has 4 nitrogen and oxygen atoms in total. The van der Waals surface area contributed by atoms with Gasteiger partial charge in [0, 0.05) is 22.3 Å². The molecule has 0 heterocycles. The van der Waals surface area contributed by atoms with Gasteiger partial charge in [0.05, 0.1) is 0 Å². The van der Waals surface area contributed by atoms with Gasteiger partial charge in [-0.2, -0.15) is 0 Å². The maximum Gasteiger partial charge on any atom is 0.199 e. The van der Waals surface area contributed by atoms with E-state index in [0.29, 0.717) is 28.2 Å². The lowest BCUT2D eigenvalue weighted by atomic mass is 9.66. The topological polar surface area (TPSA) is 77.8 Å². The lowest BCUT2D eigenvalue weighted by Gasteiger charge is -2.39. The largest absolute Gasteiger partial charge is 0.507 e. The summed E-state index contributed by atoms with van der Waals surface area (Å²) in [4.78, 5) is 13.9. The molecule has 0 unspecified atom stereocenters. The number of carbonyl (C=O) groups is 1. The van der Waals surface area contributed by atoms with Crippen LogP contribution in [0.4, 0.5) is 0 Å². The third-order valence-corrected chi connectivity index (χ3v) is 7.82. The zero-order valence-corrected chi connectivity index (χ0v) is 20.7. The number of rotatable bonds is 2. The summed E-state index contributed by atoms with van der Waals surface area (Å²) in [5.41, 5.74) is 5.82. The Labute approximate surface area is 200 Å². The van der Waals surface area contributed by atoms with Crippen LogP contribution in [0.25, 0.3) is 22.3 Å². The number of hydrogen-bond acceptors (Lipinski definition) is 4. The molecule has 34 heavy (non-hydrogen) atoms. The van der Waals surface area contributed by atoms with Gasteiger partial charge in [-0.05, 0) is 95.7 Å². The molecule has 0 radical (unpaired) electrons. The maximum absolute atomic E-state index is 13.9. The zero-order valence-electron chi connectivity index (χ0n) is 20.7. The van der Waals surface area contributed by atoms with Crippen molar-refractivity contribution in [3.8, 4) is 33.8 Å². The highest BCUT2D eigenvalue weighted by Gasteiger charge is 2.48. The number of phenolic OH excluding ortho intramolecular Hbond substituents is 2. The van der Waals surface area contributed by atoms with Gasteiger partial charge in [-0.3, -0.25) is 4.79 Å². The van der Waals surface area contributed by atoms with Crippen LogP contribution in [-0.4, -0.2) is 21.1 Å². The molecule has 2 aliphatic carbocycles. The van der Waals surface area contributed by atoms with E-state index in [1.165, 1.54) is 0 Å². The van der Waals surface area contributed by atoms with Crippen molar-refractivity contribution in [1.82, 2.24) is 0 Å². The summed E-state index contributed by atoms with van der Waals surface area (Å²) in [5.74, 6) is 0.111. The number of aryl methyl sites for hydroxylation is 2. The number of benzene rings is 3. The predicted octanol–water partition coefficient (Wildman–Crippen LogP) is 6.38. The van der Waals surface area contributed by atoms with Crippen LogP contribution < -0.4 is 0 Å². The summed E-state index contributed by atoms with van der Waals surface area (Å²) >= 11 is 0. The number of ketones is 1. The Kier molecular flexibility index (Phi) is 4.96. The fourth-order valence-corrected chi connectivity index (χ4v) is 6.02. The third-order valence-electron chi connectivity index (χ3n) is 7.82. The Bertz CT molecular complexity index is 1360. The van der Waals surface area contributed by atoms with E-state index in [2.05, 4.69) is 19.9 Å². The van der Waals surface area contributed by atoms with E-state index in [9.17, 15) is 20.1 Å². The molecule has 2 aliphatic rings. The highest BCUT2D eigenvalue weighted by Crippen LogP contribution is 2.53. The molecule has 0 spiro atoms. The van der Waals surface area contributed by atoms with Crippen LogP contribution in [0.1, 0.15) is 71.8 Å². The SMILES string of the molecule is Cc1cc(O)c2c(c1)[C@@H](C(C)C)Cc1cc3c(cc1-2)C(=O)[C@@](O)(C(C)C)c1cc(C)cc(O)c1-3. The Morgan fingerprint density at radius 3 is 2.06 bits per heavy atom. The molecule has 0 aromatic heterocycles. The van der Waals surface area contributed by atoms with E-state index >= 15 is 0 Å². The van der Waals surface area contributed by atoms with E-state index in [1.807, 2.05) is 45.9 Å². The Morgan fingerprint density at radius 1 is 0.824 bits per heavy atom. The van der Waals surface area contributed by atoms with Gasteiger partial charge < -0.3 is 15.3 Å². The molecule has 5 rings (SSSR count). The van der Waals surface area contributed by atoms with E-state index in [-0.39, 0.29) is 23.2 Å². The highest BCUT2D eigenvalue weighted by molar-refractivity contribution is 6.14. The first-order chi connectivity index (χ1) is 15.9. The number of aliphatic hydroxyl groups is 1. The van der Waals surface area contributed by atoms with Crippen LogP contribution in [-0.2, 0) is 12.0 Å². The van der Waals surface area contributed by atoms with Crippen LogP contribution in [0.2, 0.25) is 0 Å². The van der Waals surface area contributed by atoms with Crippen molar-refractivity contribution in [2.75, 3.05) is 0 Å². The minimum atomic E-state index is -1.74. The van der Waals surface area contributed by atoms with E-state index < -0.39 is 11.5 Å². The van der Waals surface area contributed by atoms with Gasteiger partial charge in [-0.1, -0.05) is 39.8 Å². The molecule has 3 aromatic rings. The second-order valence-electron chi connectivity index (χ2n) is 10.8. The van der Waals surface area contributed by atoms with Gasteiger partial charge in [0.1, 0.15) is 11.5 Å². The minimum Gasteiger partial charge on any atom is -0.507 e. The predicted molar refractivity (Wildman–Crippen MR) is 134 cm³/mol. The number of hydrogen-bond donors (Lipinski definition) is 3.